The molecule has 1 heterocycles. The van der Waals surface area contributed by atoms with Gasteiger partial charge in [-0.2, -0.15) is 9.40 Å². The van der Waals surface area contributed by atoms with Gasteiger partial charge in [-0.25, -0.2) is 8.42 Å². The van der Waals surface area contributed by atoms with Gasteiger partial charge in [-0.05, 0) is 24.1 Å². The van der Waals surface area contributed by atoms with E-state index < -0.39 is 10.0 Å². The second kappa shape index (κ2) is 6.60. The molecule has 0 saturated carbocycles. The van der Waals surface area contributed by atoms with E-state index >= 15 is 0 Å². The molecular formula is C14H18ClN3O2S. The third-order valence-corrected chi connectivity index (χ3v) is 5.18. The van der Waals surface area contributed by atoms with Gasteiger partial charge in [0, 0.05) is 38.3 Å². The van der Waals surface area contributed by atoms with Gasteiger partial charge in [-0.3, -0.25) is 4.68 Å². The third-order valence-electron chi connectivity index (χ3n) is 3.18. The molecule has 5 nitrogen and oxygen atoms in total. The lowest BCUT2D eigenvalue weighted by atomic mass is 10.2. The molecule has 0 unspecified atom stereocenters. The molecule has 0 spiro atoms. The van der Waals surface area contributed by atoms with Crippen LogP contribution in [0.15, 0.2) is 41.6 Å². The van der Waals surface area contributed by atoms with Gasteiger partial charge in [0.15, 0.2) is 0 Å². The van der Waals surface area contributed by atoms with E-state index in [-0.39, 0.29) is 4.90 Å². The normalized spacial score (nSPS) is 12.0. The fourth-order valence-electron chi connectivity index (χ4n) is 2.01. The highest BCUT2D eigenvalue weighted by Gasteiger charge is 2.21. The molecule has 0 radical (unpaired) electrons. The van der Waals surface area contributed by atoms with Crippen molar-refractivity contribution in [2.24, 2.45) is 7.05 Å². The molecule has 0 aliphatic heterocycles. The van der Waals surface area contributed by atoms with Gasteiger partial charge >= 0.3 is 0 Å². The van der Waals surface area contributed by atoms with Crippen molar-refractivity contribution in [2.45, 2.75) is 17.9 Å². The fraction of sp³-hybridized carbons (Fsp3) is 0.357. The number of hydrogen-bond donors (Lipinski definition) is 0. The lowest BCUT2D eigenvalue weighted by molar-refractivity contribution is 0.466. The standard InChI is InChI=1S/C14H18ClN3O2S/c1-17-10-13(9-16-17)11-18(2)21(19,20)14-5-3-12(4-6-14)7-8-15/h3-6,9-10H,7-8,11H2,1-2H3. The van der Waals surface area contributed by atoms with Crippen molar-refractivity contribution in [1.29, 1.82) is 0 Å². The maximum Gasteiger partial charge on any atom is 0.243 e. The number of aromatic nitrogens is 2. The minimum atomic E-state index is -3.50. The molecule has 0 aliphatic rings. The van der Waals surface area contributed by atoms with Gasteiger partial charge in [0.05, 0.1) is 11.1 Å². The van der Waals surface area contributed by atoms with Gasteiger partial charge in [-0.1, -0.05) is 12.1 Å². The lowest BCUT2D eigenvalue weighted by Gasteiger charge is -2.16. The number of rotatable bonds is 6. The van der Waals surface area contributed by atoms with Crippen LogP contribution in [-0.4, -0.2) is 35.4 Å². The number of halogens is 1. The zero-order valence-corrected chi connectivity index (χ0v) is 13.6. The summed E-state index contributed by atoms with van der Waals surface area (Å²) in [6, 6.07) is 6.84. The second-order valence-corrected chi connectivity index (χ2v) is 7.29. The largest absolute Gasteiger partial charge is 0.275 e. The summed E-state index contributed by atoms with van der Waals surface area (Å²) in [5.41, 5.74) is 1.88. The van der Waals surface area contributed by atoms with Crippen LogP contribution in [0.5, 0.6) is 0 Å². The molecule has 114 valence electrons. The van der Waals surface area contributed by atoms with E-state index in [2.05, 4.69) is 5.10 Å². The molecule has 0 amide bonds. The number of sulfonamides is 1. The van der Waals surface area contributed by atoms with Crippen molar-refractivity contribution in [3.8, 4) is 0 Å². The summed E-state index contributed by atoms with van der Waals surface area (Å²) in [6.07, 6.45) is 4.19. The van der Waals surface area contributed by atoms with Crippen LogP contribution in [0.3, 0.4) is 0 Å². The Bertz CT molecular complexity index is 695. The minimum Gasteiger partial charge on any atom is -0.275 e. The summed E-state index contributed by atoms with van der Waals surface area (Å²) in [4.78, 5) is 0.284. The van der Waals surface area contributed by atoms with Crippen LogP contribution >= 0.6 is 11.6 Å². The predicted molar refractivity (Wildman–Crippen MR) is 82.7 cm³/mol. The molecule has 2 aromatic rings. The zero-order valence-electron chi connectivity index (χ0n) is 12.0. The van der Waals surface area contributed by atoms with Gasteiger partial charge in [0.25, 0.3) is 0 Å². The first kappa shape index (κ1) is 16.0. The average Bonchev–Trinajstić information content (AvgIpc) is 2.85. The molecule has 0 N–H and O–H groups in total. The molecule has 0 saturated heterocycles. The topological polar surface area (TPSA) is 55.2 Å². The summed E-state index contributed by atoms with van der Waals surface area (Å²) in [6.45, 7) is 0.291. The Morgan fingerprint density at radius 3 is 2.43 bits per heavy atom. The first-order valence-corrected chi connectivity index (χ1v) is 8.49. The summed E-state index contributed by atoms with van der Waals surface area (Å²) in [5.74, 6) is 0.521. The number of alkyl halides is 1. The molecule has 1 aromatic carbocycles. The van der Waals surface area contributed by atoms with Crippen LogP contribution in [-0.2, 0) is 30.0 Å². The van der Waals surface area contributed by atoms with E-state index in [0.717, 1.165) is 17.5 Å². The number of aryl methyl sites for hydroxylation is 2. The molecule has 0 fully saturated rings. The van der Waals surface area contributed by atoms with Gasteiger partial charge in [-0.15, -0.1) is 11.6 Å². The van der Waals surface area contributed by atoms with Crippen molar-refractivity contribution in [1.82, 2.24) is 14.1 Å². The van der Waals surface area contributed by atoms with E-state index in [4.69, 9.17) is 11.6 Å². The van der Waals surface area contributed by atoms with Crippen LogP contribution in [0.1, 0.15) is 11.1 Å². The lowest BCUT2D eigenvalue weighted by Crippen LogP contribution is -2.26. The Morgan fingerprint density at radius 1 is 1.24 bits per heavy atom. The zero-order chi connectivity index (χ0) is 15.5. The Morgan fingerprint density at radius 2 is 1.90 bits per heavy atom. The molecule has 0 bridgehead atoms. The summed E-state index contributed by atoms with van der Waals surface area (Å²) in [7, 11) is -0.133. The number of benzene rings is 1. The predicted octanol–water partition coefficient (Wildman–Crippen LogP) is 2.02. The smallest absolute Gasteiger partial charge is 0.243 e. The van der Waals surface area contributed by atoms with Crippen molar-refractivity contribution in [2.75, 3.05) is 12.9 Å². The third kappa shape index (κ3) is 3.84. The van der Waals surface area contributed by atoms with E-state index in [1.54, 1.807) is 55.4 Å². The van der Waals surface area contributed by atoms with Crippen molar-refractivity contribution >= 4 is 21.6 Å². The van der Waals surface area contributed by atoms with Crippen LogP contribution in [0.25, 0.3) is 0 Å². The molecule has 0 atom stereocenters. The molecule has 1 aromatic heterocycles. The fourth-order valence-corrected chi connectivity index (χ4v) is 3.39. The van der Waals surface area contributed by atoms with Crippen molar-refractivity contribution in [3.05, 3.63) is 47.8 Å². The highest BCUT2D eigenvalue weighted by molar-refractivity contribution is 7.89. The Hall–Kier alpha value is -1.37. The maximum absolute atomic E-state index is 12.5. The van der Waals surface area contributed by atoms with Gasteiger partial charge in [0.2, 0.25) is 10.0 Å². The SMILES string of the molecule is CN(Cc1cnn(C)c1)S(=O)(=O)c1ccc(CCCl)cc1. The molecule has 0 aliphatic carbocycles. The molecule has 21 heavy (non-hydrogen) atoms. The van der Waals surface area contributed by atoms with Crippen molar-refractivity contribution in [3.63, 3.8) is 0 Å². The van der Waals surface area contributed by atoms with Gasteiger partial charge in [0.1, 0.15) is 0 Å². The Balaban J connectivity index is 2.16. The number of hydrogen-bond acceptors (Lipinski definition) is 3. The summed E-state index contributed by atoms with van der Waals surface area (Å²) in [5, 5.41) is 4.04. The van der Waals surface area contributed by atoms with E-state index in [1.807, 2.05) is 0 Å². The van der Waals surface area contributed by atoms with Gasteiger partial charge < -0.3 is 0 Å². The minimum absolute atomic E-state index is 0.284. The Kier molecular flexibility index (Phi) is 5.03. The highest BCUT2D eigenvalue weighted by Crippen LogP contribution is 2.17. The van der Waals surface area contributed by atoms with E-state index in [1.165, 1.54) is 4.31 Å². The monoisotopic (exact) mass is 327 g/mol. The van der Waals surface area contributed by atoms with E-state index in [9.17, 15) is 8.42 Å². The maximum atomic E-state index is 12.5. The quantitative estimate of drug-likeness (QED) is 0.763. The summed E-state index contributed by atoms with van der Waals surface area (Å²) >= 11 is 5.67. The van der Waals surface area contributed by atoms with E-state index in [0.29, 0.717) is 12.4 Å². The van der Waals surface area contributed by atoms with Crippen LogP contribution in [0.2, 0.25) is 0 Å². The second-order valence-electron chi connectivity index (χ2n) is 4.87. The molecule has 2 rings (SSSR count). The summed E-state index contributed by atoms with van der Waals surface area (Å²) < 4.78 is 27.9. The average molecular weight is 328 g/mol. The molecule has 7 heteroatoms. The van der Waals surface area contributed by atoms with Crippen LogP contribution in [0, 0.1) is 0 Å². The highest BCUT2D eigenvalue weighted by atomic mass is 35.5. The van der Waals surface area contributed by atoms with Crippen molar-refractivity contribution < 1.29 is 8.42 Å². The molecular weight excluding hydrogens is 310 g/mol. The first-order valence-electron chi connectivity index (χ1n) is 6.52. The Labute approximate surface area is 130 Å². The van der Waals surface area contributed by atoms with Crippen LogP contribution in [0.4, 0.5) is 0 Å². The first-order chi connectivity index (χ1) is 9.93. The van der Waals surface area contributed by atoms with Crippen LogP contribution < -0.4 is 0 Å². The number of nitrogens with zero attached hydrogens (tertiary/aromatic N) is 3.